The standard InChI is InChI=1S/C22H26N4O/c27-22(26-12-11-21(23-26)20-9-5-2-6-10-20)18-25-15-13-24(14-16-25)17-19-7-3-1-4-8-19/h1-10H,11-18H2/p+2. The molecule has 0 aliphatic carbocycles. The molecule has 1 saturated heterocycles. The van der Waals surface area contributed by atoms with Gasteiger partial charge in [0.2, 0.25) is 0 Å². The van der Waals surface area contributed by atoms with Gasteiger partial charge in [0.1, 0.15) is 32.7 Å². The van der Waals surface area contributed by atoms with Crippen molar-refractivity contribution in [1.82, 2.24) is 5.01 Å². The highest BCUT2D eigenvalue weighted by Gasteiger charge is 2.28. The van der Waals surface area contributed by atoms with Crippen molar-refractivity contribution < 1.29 is 14.6 Å². The minimum Gasteiger partial charge on any atom is -0.322 e. The molecule has 2 heterocycles. The zero-order valence-corrected chi connectivity index (χ0v) is 15.7. The Kier molecular flexibility index (Phi) is 5.61. The predicted molar refractivity (Wildman–Crippen MR) is 106 cm³/mol. The predicted octanol–water partition coefficient (Wildman–Crippen LogP) is -0.393. The highest BCUT2D eigenvalue weighted by molar-refractivity contribution is 6.02. The van der Waals surface area contributed by atoms with E-state index in [1.54, 1.807) is 9.91 Å². The fraction of sp³-hybridized carbons (Fsp3) is 0.364. The van der Waals surface area contributed by atoms with Gasteiger partial charge >= 0.3 is 0 Å². The number of rotatable bonds is 5. The second-order valence-electron chi connectivity index (χ2n) is 7.52. The normalized spacial score (nSPS) is 22.5. The molecule has 1 fully saturated rings. The summed E-state index contributed by atoms with van der Waals surface area (Å²) in [4.78, 5) is 15.7. The number of hydrazone groups is 1. The van der Waals surface area contributed by atoms with E-state index >= 15 is 0 Å². The van der Waals surface area contributed by atoms with Crippen LogP contribution in [0.2, 0.25) is 0 Å². The number of hydrogen-bond donors (Lipinski definition) is 2. The Morgan fingerprint density at radius 1 is 0.889 bits per heavy atom. The lowest BCUT2D eigenvalue weighted by Crippen LogP contribution is -3.28. The maximum Gasteiger partial charge on any atom is 0.297 e. The van der Waals surface area contributed by atoms with Gasteiger partial charge in [0, 0.05) is 12.0 Å². The SMILES string of the molecule is O=C(C[NH+]1CC[NH+](Cc2ccccc2)CC1)N1CCC(c2ccccc2)=N1. The summed E-state index contributed by atoms with van der Waals surface area (Å²) in [6, 6.07) is 20.8. The van der Waals surface area contributed by atoms with Crippen LogP contribution in [0.5, 0.6) is 0 Å². The molecular formula is C22H28N4O+2. The number of quaternary nitrogens is 2. The van der Waals surface area contributed by atoms with Crippen LogP contribution in [0.4, 0.5) is 0 Å². The number of carbonyl (C=O) groups excluding carboxylic acids is 1. The van der Waals surface area contributed by atoms with Crippen molar-refractivity contribution in [1.29, 1.82) is 0 Å². The average molecular weight is 364 g/mol. The van der Waals surface area contributed by atoms with Crippen LogP contribution in [0, 0.1) is 0 Å². The van der Waals surface area contributed by atoms with Gasteiger partial charge in [0.05, 0.1) is 12.3 Å². The summed E-state index contributed by atoms with van der Waals surface area (Å²) in [5, 5.41) is 6.26. The molecule has 1 amide bonds. The molecule has 2 aromatic rings. The van der Waals surface area contributed by atoms with E-state index in [0.29, 0.717) is 13.1 Å². The van der Waals surface area contributed by atoms with E-state index in [2.05, 4.69) is 47.6 Å². The Morgan fingerprint density at radius 3 is 2.22 bits per heavy atom. The lowest BCUT2D eigenvalue weighted by molar-refractivity contribution is -1.02. The third-order valence-electron chi connectivity index (χ3n) is 5.56. The molecule has 0 aromatic heterocycles. The molecule has 0 bridgehead atoms. The van der Waals surface area contributed by atoms with Crippen LogP contribution in [-0.2, 0) is 11.3 Å². The van der Waals surface area contributed by atoms with Crippen LogP contribution in [-0.4, -0.2) is 55.9 Å². The van der Waals surface area contributed by atoms with Crippen LogP contribution in [0.3, 0.4) is 0 Å². The average Bonchev–Trinajstić information content (AvgIpc) is 3.21. The largest absolute Gasteiger partial charge is 0.322 e. The first kappa shape index (κ1) is 17.9. The summed E-state index contributed by atoms with van der Waals surface area (Å²) < 4.78 is 0. The first-order chi connectivity index (χ1) is 13.3. The minimum atomic E-state index is 0.155. The maximum atomic E-state index is 12.7. The highest BCUT2D eigenvalue weighted by atomic mass is 16.2. The van der Waals surface area contributed by atoms with Gasteiger partial charge in [0.15, 0.2) is 6.54 Å². The Balaban J connectivity index is 1.26. The van der Waals surface area contributed by atoms with Gasteiger partial charge in [-0.15, -0.1) is 0 Å². The first-order valence-electron chi connectivity index (χ1n) is 9.92. The van der Waals surface area contributed by atoms with Crippen LogP contribution < -0.4 is 9.80 Å². The number of nitrogens with one attached hydrogen (secondary N) is 2. The number of amides is 1. The summed E-state index contributed by atoms with van der Waals surface area (Å²) in [5.41, 5.74) is 3.54. The third kappa shape index (κ3) is 4.62. The maximum absolute atomic E-state index is 12.7. The Labute approximate surface area is 160 Å². The van der Waals surface area contributed by atoms with Crippen molar-refractivity contribution in [3.63, 3.8) is 0 Å². The van der Waals surface area contributed by atoms with Crippen molar-refractivity contribution >= 4 is 11.6 Å². The molecule has 0 spiro atoms. The lowest BCUT2D eigenvalue weighted by atomic mass is 10.1. The Morgan fingerprint density at radius 2 is 1.52 bits per heavy atom. The lowest BCUT2D eigenvalue weighted by Gasteiger charge is -2.29. The molecule has 2 N–H and O–H groups in total. The molecule has 5 nitrogen and oxygen atoms in total. The molecule has 2 aliphatic rings. The van der Waals surface area contributed by atoms with Gasteiger partial charge < -0.3 is 9.80 Å². The van der Waals surface area contributed by atoms with Crippen LogP contribution >= 0.6 is 0 Å². The summed E-state index contributed by atoms with van der Waals surface area (Å²) in [7, 11) is 0. The van der Waals surface area contributed by atoms with Crippen LogP contribution in [0.15, 0.2) is 65.8 Å². The number of benzene rings is 2. The fourth-order valence-electron chi connectivity index (χ4n) is 3.97. The van der Waals surface area contributed by atoms with Gasteiger partial charge in [-0.3, -0.25) is 4.79 Å². The van der Waals surface area contributed by atoms with Gasteiger partial charge in [-0.25, -0.2) is 5.01 Å². The fourth-order valence-corrected chi connectivity index (χ4v) is 3.97. The molecule has 2 aromatic carbocycles. The quantitative estimate of drug-likeness (QED) is 0.745. The van der Waals surface area contributed by atoms with Crippen molar-refractivity contribution in [2.45, 2.75) is 13.0 Å². The Hall–Kier alpha value is -2.50. The van der Waals surface area contributed by atoms with Crippen LogP contribution in [0.1, 0.15) is 17.5 Å². The first-order valence-corrected chi connectivity index (χ1v) is 9.92. The minimum absolute atomic E-state index is 0.155. The molecular weight excluding hydrogens is 336 g/mol. The third-order valence-corrected chi connectivity index (χ3v) is 5.56. The van der Waals surface area contributed by atoms with E-state index in [-0.39, 0.29) is 5.91 Å². The van der Waals surface area contributed by atoms with E-state index in [9.17, 15) is 4.79 Å². The second kappa shape index (κ2) is 8.46. The van der Waals surface area contributed by atoms with Gasteiger partial charge in [-0.1, -0.05) is 60.7 Å². The van der Waals surface area contributed by atoms with E-state index < -0.39 is 0 Å². The molecule has 5 heteroatoms. The van der Waals surface area contributed by atoms with E-state index in [4.69, 9.17) is 0 Å². The number of hydrogen-bond acceptors (Lipinski definition) is 2. The molecule has 27 heavy (non-hydrogen) atoms. The smallest absolute Gasteiger partial charge is 0.297 e. The van der Waals surface area contributed by atoms with E-state index in [0.717, 1.165) is 50.4 Å². The Bertz CT molecular complexity index is 782. The second-order valence-corrected chi connectivity index (χ2v) is 7.52. The molecule has 2 aliphatic heterocycles. The zero-order valence-electron chi connectivity index (χ0n) is 15.7. The van der Waals surface area contributed by atoms with E-state index in [1.165, 1.54) is 10.5 Å². The summed E-state index contributed by atoms with van der Waals surface area (Å²) in [5.74, 6) is 0.155. The van der Waals surface area contributed by atoms with Crippen molar-refractivity contribution in [2.24, 2.45) is 5.10 Å². The zero-order chi connectivity index (χ0) is 18.5. The number of piperazine rings is 1. The topological polar surface area (TPSA) is 41.6 Å². The van der Waals surface area contributed by atoms with Crippen LogP contribution in [0.25, 0.3) is 0 Å². The number of carbonyl (C=O) groups is 1. The van der Waals surface area contributed by atoms with Gasteiger partial charge in [-0.2, -0.15) is 5.10 Å². The van der Waals surface area contributed by atoms with Crippen molar-refractivity contribution in [2.75, 3.05) is 39.3 Å². The van der Waals surface area contributed by atoms with Gasteiger partial charge in [-0.05, 0) is 5.56 Å². The monoisotopic (exact) mass is 364 g/mol. The van der Waals surface area contributed by atoms with Crippen molar-refractivity contribution in [3.8, 4) is 0 Å². The summed E-state index contributed by atoms with van der Waals surface area (Å²) in [6.07, 6.45) is 0.847. The number of nitrogens with zero attached hydrogens (tertiary/aromatic N) is 2. The molecule has 140 valence electrons. The molecule has 0 radical (unpaired) electrons. The molecule has 0 saturated carbocycles. The molecule has 4 rings (SSSR count). The summed E-state index contributed by atoms with van der Waals surface area (Å²) in [6.45, 7) is 6.70. The van der Waals surface area contributed by atoms with Crippen molar-refractivity contribution in [3.05, 3.63) is 71.8 Å². The van der Waals surface area contributed by atoms with Gasteiger partial charge in [0.25, 0.3) is 5.91 Å². The molecule has 0 atom stereocenters. The van der Waals surface area contributed by atoms with E-state index in [1.807, 2.05) is 18.2 Å². The molecule has 0 unspecified atom stereocenters. The summed E-state index contributed by atoms with van der Waals surface area (Å²) >= 11 is 0. The highest BCUT2D eigenvalue weighted by Crippen LogP contribution is 2.13.